The van der Waals surface area contributed by atoms with Crippen molar-refractivity contribution in [1.82, 2.24) is 10.6 Å². The van der Waals surface area contributed by atoms with Crippen molar-refractivity contribution in [2.24, 2.45) is 10.9 Å². The minimum Gasteiger partial charge on any atom is -0.314 e. The number of halogens is 3. The molecule has 5 rings (SSSR count). The molecule has 3 atom stereocenters. The van der Waals surface area contributed by atoms with E-state index >= 15 is 0 Å². The van der Waals surface area contributed by atoms with Gasteiger partial charge in [-0.25, -0.2) is 18.0 Å². The second kappa shape index (κ2) is 9.30. The van der Waals surface area contributed by atoms with E-state index in [0.29, 0.717) is 30.9 Å². The van der Waals surface area contributed by atoms with Crippen LogP contribution in [0.3, 0.4) is 0 Å². The number of hydrogen-bond donors (Lipinski definition) is 2. The molecule has 3 aliphatic rings. The first-order chi connectivity index (χ1) is 16.8. The summed E-state index contributed by atoms with van der Waals surface area (Å²) < 4.78 is 41.9. The Labute approximate surface area is 203 Å². The Hall–Kier alpha value is -2.87. The minimum atomic E-state index is -2.65. The van der Waals surface area contributed by atoms with E-state index in [1.165, 1.54) is 12.1 Å². The molecule has 3 unspecified atom stereocenters. The standard InChI is InChI=1S/C27H31F3N4O/c1-18-23(16-19-6-3-2-4-7-19)27(14-15-31-18)24(32-21-10-12-26(29,30)13-11-21)33-25(35)34(27)22-9-5-8-20(28)17-22/h2-9,17-18,21,23,31H,10-16H2,1H3,(H,32,33,35). The first-order valence-electron chi connectivity index (χ1n) is 12.4. The zero-order valence-corrected chi connectivity index (χ0v) is 19.8. The average molecular weight is 485 g/mol. The maximum Gasteiger partial charge on any atom is 0.328 e. The molecule has 1 aliphatic carbocycles. The quantitative estimate of drug-likeness (QED) is 0.618. The second-order valence-corrected chi connectivity index (χ2v) is 10.0. The number of anilines is 1. The number of alkyl halides is 2. The van der Waals surface area contributed by atoms with Crippen LogP contribution in [-0.4, -0.2) is 42.0 Å². The van der Waals surface area contributed by atoms with Gasteiger partial charge in [-0.15, -0.1) is 0 Å². The van der Waals surface area contributed by atoms with Crippen molar-refractivity contribution in [3.8, 4) is 0 Å². The molecule has 8 heteroatoms. The number of urea groups is 1. The SMILES string of the molecule is CC1NCCC2(C(=NC3CCC(F)(F)CC3)NC(=O)N2c2cccc(F)c2)C1Cc1ccccc1. The Kier molecular flexibility index (Phi) is 6.34. The third-order valence-corrected chi connectivity index (χ3v) is 7.79. The van der Waals surface area contributed by atoms with Crippen LogP contribution >= 0.6 is 0 Å². The Morgan fingerprint density at radius 3 is 2.51 bits per heavy atom. The molecule has 2 saturated heterocycles. The van der Waals surface area contributed by atoms with Gasteiger partial charge in [-0.3, -0.25) is 15.2 Å². The van der Waals surface area contributed by atoms with E-state index < -0.39 is 17.3 Å². The number of rotatable bonds is 4. The number of carbonyl (C=O) groups is 1. The topological polar surface area (TPSA) is 56.7 Å². The van der Waals surface area contributed by atoms with Crippen LogP contribution in [0.15, 0.2) is 59.6 Å². The Balaban J connectivity index is 1.61. The Morgan fingerprint density at radius 1 is 1.06 bits per heavy atom. The third kappa shape index (κ3) is 4.56. The Morgan fingerprint density at radius 2 is 1.80 bits per heavy atom. The lowest BCUT2D eigenvalue weighted by Gasteiger charge is -2.49. The number of amides is 2. The molecule has 1 saturated carbocycles. The molecule has 0 radical (unpaired) electrons. The normalized spacial score (nSPS) is 30.1. The molecule has 2 N–H and O–H groups in total. The van der Waals surface area contributed by atoms with Crippen LogP contribution in [0, 0.1) is 11.7 Å². The van der Waals surface area contributed by atoms with Crippen LogP contribution in [0.4, 0.5) is 23.7 Å². The molecule has 0 aromatic heterocycles. The van der Waals surface area contributed by atoms with Gasteiger partial charge in [0, 0.05) is 30.5 Å². The van der Waals surface area contributed by atoms with Gasteiger partial charge in [0.15, 0.2) is 0 Å². The monoisotopic (exact) mass is 484 g/mol. The first-order valence-corrected chi connectivity index (χ1v) is 12.4. The van der Waals surface area contributed by atoms with Crippen molar-refractivity contribution in [1.29, 1.82) is 0 Å². The minimum absolute atomic E-state index is 0.0357. The molecule has 0 bridgehead atoms. The number of aliphatic imine (C=N–C) groups is 1. The summed E-state index contributed by atoms with van der Waals surface area (Å²) in [6, 6.07) is 15.5. The summed E-state index contributed by atoms with van der Waals surface area (Å²) in [6.07, 6.45) is 1.41. The number of benzene rings is 2. The molecule has 1 spiro atoms. The number of piperidine rings is 1. The number of amidine groups is 1. The summed E-state index contributed by atoms with van der Waals surface area (Å²) >= 11 is 0. The number of carbonyl (C=O) groups excluding carboxylic acids is 1. The number of nitrogens with zero attached hydrogens (tertiary/aromatic N) is 2. The smallest absolute Gasteiger partial charge is 0.314 e. The van der Waals surface area contributed by atoms with Crippen LogP contribution < -0.4 is 15.5 Å². The van der Waals surface area contributed by atoms with Crippen molar-refractivity contribution < 1.29 is 18.0 Å². The molecule has 2 amide bonds. The van der Waals surface area contributed by atoms with E-state index in [1.54, 1.807) is 17.0 Å². The zero-order chi connectivity index (χ0) is 24.6. The number of hydrogen-bond acceptors (Lipinski definition) is 3. The summed E-state index contributed by atoms with van der Waals surface area (Å²) in [4.78, 5) is 20.1. The predicted octanol–water partition coefficient (Wildman–Crippen LogP) is 5.31. The van der Waals surface area contributed by atoms with Gasteiger partial charge >= 0.3 is 6.03 Å². The molecule has 5 nitrogen and oxygen atoms in total. The van der Waals surface area contributed by atoms with E-state index in [2.05, 4.69) is 29.7 Å². The summed E-state index contributed by atoms with van der Waals surface area (Å²) in [5.41, 5.74) is 0.753. The molecule has 186 valence electrons. The lowest BCUT2D eigenvalue weighted by atomic mass is 9.70. The van der Waals surface area contributed by atoms with Gasteiger partial charge in [-0.05, 0) is 62.9 Å². The van der Waals surface area contributed by atoms with Crippen molar-refractivity contribution >= 4 is 17.6 Å². The molecule has 35 heavy (non-hydrogen) atoms. The molecular weight excluding hydrogens is 453 g/mol. The molecule has 2 heterocycles. The van der Waals surface area contributed by atoms with E-state index in [4.69, 9.17) is 4.99 Å². The molecule has 2 aliphatic heterocycles. The maximum absolute atomic E-state index is 14.3. The van der Waals surface area contributed by atoms with E-state index in [9.17, 15) is 18.0 Å². The van der Waals surface area contributed by atoms with Crippen molar-refractivity contribution in [2.45, 2.75) is 69.0 Å². The van der Waals surface area contributed by atoms with Crippen LogP contribution in [0.2, 0.25) is 0 Å². The first kappa shape index (κ1) is 23.9. The fourth-order valence-electron chi connectivity index (χ4n) is 6.01. The third-order valence-electron chi connectivity index (χ3n) is 7.79. The van der Waals surface area contributed by atoms with Crippen molar-refractivity contribution in [3.63, 3.8) is 0 Å². The van der Waals surface area contributed by atoms with Crippen LogP contribution in [0.5, 0.6) is 0 Å². The van der Waals surface area contributed by atoms with E-state index in [0.717, 1.165) is 5.56 Å². The molecule has 2 aromatic rings. The van der Waals surface area contributed by atoms with Crippen LogP contribution in [0.25, 0.3) is 0 Å². The zero-order valence-electron chi connectivity index (χ0n) is 19.8. The fraction of sp³-hybridized carbons (Fsp3) is 0.481. The van der Waals surface area contributed by atoms with Gasteiger partial charge in [0.05, 0.1) is 6.04 Å². The van der Waals surface area contributed by atoms with Crippen LogP contribution in [-0.2, 0) is 6.42 Å². The maximum atomic E-state index is 14.3. The lowest BCUT2D eigenvalue weighted by molar-refractivity contribution is -0.0374. The highest BCUT2D eigenvalue weighted by Gasteiger charge is 2.59. The summed E-state index contributed by atoms with van der Waals surface area (Å²) in [6.45, 7) is 2.74. The van der Waals surface area contributed by atoms with Gasteiger partial charge < -0.3 is 5.32 Å². The van der Waals surface area contributed by atoms with Gasteiger partial charge in [-0.2, -0.15) is 0 Å². The van der Waals surface area contributed by atoms with Gasteiger partial charge in [0.1, 0.15) is 17.2 Å². The number of nitrogens with one attached hydrogen (secondary N) is 2. The lowest BCUT2D eigenvalue weighted by Crippen LogP contribution is -2.65. The second-order valence-electron chi connectivity index (χ2n) is 10.0. The highest BCUT2D eigenvalue weighted by atomic mass is 19.3. The Bertz CT molecular complexity index is 1100. The summed E-state index contributed by atoms with van der Waals surface area (Å²) in [5, 5.41) is 6.53. The summed E-state index contributed by atoms with van der Waals surface area (Å²) in [7, 11) is 0. The van der Waals surface area contributed by atoms with Crippen molar-refractivity contribution in [2.75, 3.05) is 11.4 Å². The van der Waals surface area contributed by atoms with E-state index in [-0.39, 0.29) is 49.7 Å². The summed E-state index contributed by atoms with van der Waals surface area (Å²) in [5.74, 6) is -2.63. The molecule has 2 aromatic carbocycles. The fourth-order valence-corrected chi connectivity index (χ4v) is 6.01. The highest BCUT2D eigenvalue weighted by Crippen LogP contribution is 2.44. The van der Waals surface area contributed by atoms with Gasteiger partial charge in [0.2, 0.25) is 5.92 Å². The molecule has 3 fully saturated rings. The van der Waals surface area contributed by atoms with Crippen molar-refractivity contribution in [3.05, 3.63) is 66.0 Å². The highest BCUT2D eigenvalue weighted by molar-refractivity contribution is 6.19. The van der Waals surface area contributed by atoms with Crippen LogP contribution in [0.1, 0.15) is 44.6 Å². The molecular formula is C27H31F3N4O. The predicted molar refractivity (Wildman–Crippen MR) is 130 cm³/mol. The van der Waals surface area contributed by atoms with Gasteiger partial charge in [0.25, 0.3) is 0 Å². The van der Waals surface area contributed by atoms with E-state index in [1.807, 2.05) is 18.2 Å². The largest absolute Gasteiger partial charge is 0.328 e. The average Bonchev–Trinajstić information content (AvgIpc) is 3.09. The van der Waals surface area contributed by atoms with Gasteiger partial charge in [-0.1, -0.05) is 36.4 Å².